The summed E-state index contributed by atoms with van der Waals surface area (Å²) in [4.78, 5) is 49.4. The molecule has 9 heterocycles. The van der Waals surface area contributed by atoms with Crippen LogP contribution in [-0.4, -0.2) is 94.0 Å². The van der Waals surface area contributed by atoms with Crippen LogP contribution in [-0.2, 0) is 24.0 Å². The van der Waals surface area contributed by atoms with Gasteiger partial charge in [-0.3, -0.25) is 0 Å². The molecule has 0 bridgehead atoms. The van der Waals surface area contributed by atoms with E-state index in [-0.39, 0.29) is 71.3 Å². The number of rotatable bonds is 9. The summed E-state index contributed by atoms with van der Waals surface area (Å²) in [6, 6.07) is 6.59. The van der Waals surface area contributed by atoms with Crippen molar-refractivity contribution in [3.05, 3.63) is 57.0 Å². The molecule has 13 nitrogen and oxygen atoms in total. The Kier molecular flexibility index (Phi) is 24.8. The van der Waals surface area contributed by atoms with E-state index < -0.39 is 5.60 Å². The van der Waals surface area contributed by atoms with E-state index in [9.17, 15) is 4.79 Å². The third-order valence-electron chi connectivity index (χ3n) is 12.2. The van der Waals surface area contributed by atoms with Crippen LogP contribution in [0.15, 0.2) is 37.2 Å². The molecule has 0 spiro atoms. The van der Waals surface area contributed by atoms with E-state index in [0.717, 1.165) is 122 Å². The molecule has 0 unspecified atom stereocenters. The molecule has 0 radical (unpaired) electrons. The number of halogens is 2. The summed E-state index contributed by atoms with van der Waals surface area (Å²) in [6.45, 7) is 22.5. The maximum absolute atomic E-state index is 11.4. The molecule has 0 atom stereocenters. The van der Waals surface area contributed by atoms with Gasteiger partial charge in [0.05, 0.1) is 10.8 Å². The number of anilines is 2. The smallest absolute Gasteiger partial charge is 1.00 e. The van der Waals surface area contributed by atoms with Gasteiger partial charge < -0.3 is 32.3 Å². The number of aromatic nitrogens is 6. The fourth-order valence-electron chi connectivity index (χ4n) is 8.25. The van der Waals surface area contributed by atoms with Gasteiger partial charge in [0.25, 0.3) is 0 Å². The SMILES string of the molecule is CC(C)(C)OC(=O)NCC1CCNCC1.CCc1cc2c(Cl)ncnc2s1.CCc1cc2c(N3CCC(CC)CC3)ncnc2s1.CCc1cc2c(N3CCC(CN)CC3)ncnc2s1.Cl.[H-].[K+]. The molecule has 0 aliphatic carbocycles. The van der Waals surface area contributed by atoms with Gasteiger partial charge in [-0.2, -0.15) is 0 Å². The fraction of sp³-hybridized carbons (Fsp3) is 0.604. The van der Waals surface area contributed by atoms with Crippen LogP contribution >= 0.6 is 58.0 Å². The summed E-state index contributed by atoms with van der Waals surface area (Å²) in [6.07, 6.45) is 16.3. The van der Waals surface area contributed by atoms with Crippen molar-refractivity contribution in [3.8, 4) is 0 Å². The Balaban J connectivity index is 0.000000240. The molecule has 9 rings (SSSR count). The number of carbonyl (C=O) groups is 1. The first-order chi connectivity index (χ1) is 31.4. The quantitative estimate of drug-likeness (QED) is 0.0942. The van der Waals surface area contributed by atoms with Gasteiger partial charge in [-0.25, -0.2) is 34.7 Å². The largest absolute Gasteiger partial charge is 1.00 e. The Morgan fingerprint density at radius 1 is 0.716 bits per heavy atom. The van der Waals surface area contributed by atoms with E-state index in [1.54, 1.807) is 46.7 Å². The first-order valence-corrected chi connectivity index (χ1v) is 26.5. The number of carbonyl (C=O) groups excluding carboxylic acids is 1. The third kappa shape index (κ3) is 17.2. The zero-order chi connectivity index (χ0) is 46.3. The Labute approximate surface area is 465 Å². The zero-order valence-electron chi connectivity index (χ0n) is 41.9. The Morgan fingerprint density at radius 2 is 1.15 bits per heavy atom. The third-order valence-corrected chi connectivity index (χ3v) is 16.1. The first kappa shape index (κ1) is 57.7. The molecule has 3 aliphatic heterocycles. The number of fused-ring (bicyclic) bond motifs is 3. The maximum atomic E-state index is 11.4. The number of thiophene rings is 3. The summed E-state index contributed by atoms with van der Waals surface area (Å²) >= 11 is 11.1. The minimum Gasteiger partial charge on any atom is -1.00 e. The van der Waals surface area contributed by atoms with Gasteiger partial charge in [-0.1, -0.05) is 45.7 Å². The molecular formula is C48H72Cl2KN11O2S3. The molecule has 0 saturated carbocycles. The number of piperidine rings is 3. The van der Waals surface area contributed by atoms with Crippen molar-refractivity contribution in [2.45, 2.75) is 118 Å². The van der Waals surface area contributed by atoms with E-state index in [2.05, 4.69) is 96.2 Å². The summed E-state index contributed by atoms with van der Waals surface area (Å²) in [5, 5.41) is 10.1. The standard InChI is InChI=1S/C15H21N3S.C14H20N4S.C11H22N2O2.C8H7ClN2S.ClH.K.H/c1-3-11-5-7-18(8-6-11)14-13-9-12(4-2)19-15(13)17-10-16-14;1-2-11-7-12-13(16-9-17-14(12)19-11)18-5-3-10(8-15)4-6-18;1-11(2,3)15-10(14)13-8-9-4-6-12-7-5-9;1-2-5-3-6-7(9)10-4-11-8(6)12-5;;;/h9-11H,3-8H2,1-2H3;7,9-10H,2-6,8,15H2,1H3;9,12H,4-8H2,1-3H3,(H,13,14);3-4H,2H2,1H3;1H;;/q;;;;;+1;-1. The second-order valence-electron chi connectivity index (χ2n) is 18.0. The van der Waals surface area contributed by atoms with Crippen LogP contribution in [0.2, 0.25) is 5.15 Å². The summed E-state index contributed by atoms with van der Waals surface area (Å²) in [5.41, 5.74) is 5.35. The van der Waals surface area contributed by atoms with Crippen molar-refractivity contribution in [3.63, 3.8) is 0 Å². The van der Waals surface area contributed by atoms with E-state index in [4.69, 9.17) is 22.1 Å². The number of alkyl carbamates (subject to hydrolysis) is 1. The predicted molar refractivity (Wildman–Crippen MR) is 283 cm³/mol. The van der Waals surface area contributed by atoms with Crippen LogP contribution in [0, 0.1) is 17.8 Å². The van der Waals surface area contributed by atoms with Crippen molar-refractivity contribution in [1.82, 2.24) is 40.5 Å². The number of hydrogen-bond acceptors (Lipinski definition) is 15. The van der Waals surface area contributed by atoms with E-state index in [0.29, 0.717) is 17.0 Å². The van der Waals surface area contributed by atoms with Crippen LogP contribution in [0.4, 0.5) is 16.4 Å². The van der Waals surface area contributed by atoms with Gasteiger partial charge in [0.1, 0.15) is 55.9 Å². The molecule has 0 aromatic carbocycles. The zero-order valence-corrected chi connectivity index (χ0v) is 48.1. The molecular weight excluding hydrogens is 969 g/mol. The average molecular weight is 1040 g/mol. The molecule has 19 heteroatoms. The van der Waals surface area contributed by atoms with Crippen molar-refractivity contribution >= 4 is 106 Å². The number of hydrogen-bond donors (Lipinski definition) is 3. The van der Waals surface area contributed by atoms with Crippen molar-refractivity contribution in [2.75, 3.05) is 62.2 Å². The first-order valence-electron chi connectivity index (χ1n) is 23.6. The molecule has 4 N–H and O–H groups in total. The summed E-state index contributed by atoms with van der Waals surface area (Å²) < 4.78 is 5.16. The molecule has 3 fully saturated rings. The maximum Gasteiger partial charge on any atom is 1.00 e. The van der Waals surface area contributed by atoms with Crippen LogP contribution in [0.5, 0.6) is 0 Å². The van der Waals surface area contributed by atoms with Crippen LogP contribution in [0.3, 0.4) is 0 Å². The van der Waals surface area contributed by atoms with Crippen LogP contribution in [0.1, 0.15) is 109 Å². The van der Waals surface area contributed by atoms with Crippen molar-refractivity contribution in [2.24, 2.45) is 23.5 Å². The summed E-state index contributed by atoms with van der Waals surface area (Å²) in [7, 11) is 0. The Morgan fingerprint density at radius 3 is 1.57 bits per heavy atom. The van der Waals surface area contributed by atoms with Gasteiger partial charge in [-0.15, -0.1) is 46.4 Å². The normalized spacial score (nSPS) is 15.9. The fourth-order valence-corrected chi connectivity index (χ4v) is 11.3. The van der Waals surface area contributed by atoms with Gasteiger partial charge in [0.2, 0.25) is 0 Å². The minimum absolute atomic E-state index is 0. The van der Waals surface area contributed by atoms with Gasteiger partial charge in [-0.05, 0) is 134 Å². The molecule has 1 amide bonds. The van der Waals surface area contributed by atoms with Gasteiger partial charge >= 0.3 is 57.5 Å². The molecule has 6 aromatic rings. The average Bonchev–Trinajstić information content (AvgIpc) is 4.09. The number of amides is 1. The number of nitrogens with one attached hydrogen (secondary N) is 2. The number of ether oxygens (including phenoxy) is 1. The van der Waals surface area contributed by atoms with Gasteiger partial charge in [0, 0.05) is 52.7 Å². The Hall–Kier alpha value is -1.87. The predicted octanol–water partition coefficient (Wildman–Crippen LogP) is 8.27. The molecule has 6 aromatic heterocycles. The molecule has 3 aliphatic rings. The van der Waals surface area contributed by atoms with Crippen molar-refractivity contribution < 1.29 is 62.3 Å². The number of aryl methyl sites for hydroxylation is 3. The molecule has 3 saturated heterocycles. The second-order valence-corrected chi connectivity index (χ2v) is 21.7. The number of nitrogens with zero attached hydrogens (tertiary/aromatic N) is 8. The topological polar surface area (TPSA) is 160 Å². The van der Waals surface area contributed by atoms with E-state index in [1.165, 1.54) is 63.8 Å². The van der Waals surface area contributed by atoms with Crippen molar-refractivity contribution in [1.29, 1.82) is 0 Å². The minimum atomic E-state index is -0.405. The van der Waals surface area contributed by atoms with Gasteiger partial charge in [0.15, 0.2) is 0 Å². The van der Waals surface area contributed by atoms with E-state index in [1.807, 2.05) is 20.8 Å². The van der Waals surface area contributed by atoms with Crippen LogP contribution < -0.4 is 77.6 Å². The number of nitrogens with two attached hydrogens (primary N) is 1. The Bertz CT molecular complexity index is 2300. The van der Waals surface area contributed by atoms with E-state index >= 15 is 0 Å². The van der Waals surface area contributed by atoms with Crippen LogP contribution in [0.25, 0.3) is 30.6 Å². The molecule has 67 heavy (non-hydrogen) atoms. The second kappa shape index (κ2) is 28.8. The summed E-state index contributed by atoms with van der Waals surface area (Å²) in [5.74, 6) is 4.44. The monoisotopic (exact) mass is 1040 g/mol. The molecule has 364 valence electrons.